The molecule has 1 aliphatic rings. The van der Waals surface area contributed by atoms with Gasteiger partial charge in [0.1, 0.15) is 0 Å². The largest absolute Gasteiger partial charge is 0.324 e. The summed E-state index contributed by atoms with van der Waals surface area (Å²) in [6.45, 7) is 2.84. The molecule has 1 aromatic heterocycles. The molecule has 1 saturated heterocycles. The molecule has 1 aromatic rings. The van der Waals surface area contributed by atoms with Gasteiger partial charge in [-0.1, -0.05) is 0 Å². The quantitative estimate of drug-likeness (QED) is 0.807. The fraction of sp³-hybridized carbons (Fsp3) is 0.455. The summed E-state index contributed by atoms with van der Waals surface area (Å²) < 4.78 is 0. The number of carbonyl (C=O) groups is 1. The SMILES string of the molecule is Cc1cnccc1NC(=O)C1CSCCN1. The molecule has 0 radical (unpaired) electrons. The van der Waals surface area contributed by atoms with Gasteiger partial charge < -0.3 is 10.6 Å². The molecule has 0 bridgehead atoms. The summed E-state index contributed by atoms with van der Waals surface area (Å²) in [4.78, 5) is 15.9. The van der Waals surface area contributed by atoms with Gasteiger partial charge >= 0.3 is 0 Å². The highest BCUT2D eigenvalue weighted by molar-refractivity contribution is 7.99. The lowest BCUT2D eigenvalue weighted by Crippen LogP contribution is -2.46. The molecule has 0 aromatic carbocycles. The van der Waals surface area contributed by atoms with Crippen LogP contribution in [-0.2, 0) is 4.79 Å². The third-order valence-corrected chi connectivity index (χ3v) is 3.58. The molecular weight excluding hydrogens is 222 g/mol. The number of nitrogens with one attached hydrogen (secondary N) is 2. The topological polar surface area (TPSA) is 54.0 Å². The van der Waals surface area contributed by atoms with E-state index in [1.807, 2.05) is 24.8 Å². The molecular formula is C11H15N3OS. The first-order chi connectivity index (χ1) is 7.77. The van der Waals surface area contributed by atoms with Crippen LogP contribution >= 0.6 is 11.8 Å². The van der Waals surface area contributed by atoms with Gasteiger partial charge in [0.25, 0.3) is 0 Å². The smallest absolute Gasteiger partial charge is 0.242 e. The van der Waals surface area contributed by atoms with Gasteiger partial charge in [-0.05, 0) is 18.6 Å². The maximum Gasteiger partial charge on any atom is 0.242 e. The minimum Gasteiger partial charge on any atom is -0.324 e. The second-order valence-electron chi connectivity index (χ2n) is 3.76. The number of pyridine rings is 1. The number of aryl methyl sites for hydroxylation is 1. The first-order valence-electron chi connectivity index (χ1n) is 5.30. The van der Waals surface area contributed by atoms with E-state index < -0.39 is 0 Å². The van der Waals surface area contributed by atoms with E-state index in [-0.39, 0.29) is 11.9 Å². The summed E-state index contributed by atoms with van der Waals surface area (Å²) in [5.41, 5.74) is 1.83. The summed E-state index contributed by atoms with van der Waals surface area (Å²) in [6.07, 6.45) is 3.43. The van der Waals surface area contributed by atoms with Crippen molar-refractivity contribution in [2.24, 2.45) is 0 Å². The number of hydrogen-bond acceptors (Lipinski definition) is 4. The fourth-order valence-electron chi connectivity index (χ4n) is 1.57. The highest BCUT2D eigenvalue weighted by Gasteiger charge is 2.21. The molecule has 1 aliphatic heterocycles. The van der Waals surface area contributed by atoms with E-state index in [9.17, 15) is 4.79 Å². The van der Waals surface area contributed by atoms with Gasteiger partial charge in [-0.2, -0.15) is 11.8 Å². The van der Waals surface area contributed by atoms with Crippen LogP contribution in [0.2, 0.25) is 0 Å². The Morgan fingerprint density at radius 1 is 1.69 bits per heavy atom. The van der Waals surface area contributed by atoms with Crippen LogP contribution in [-0.4, -0.2) is 35.0 Å². The number of amides is 1. The molecule has 16 heavy (non-hydrogen) atoms. The van der Waals surface area contributed by atoms with Gasteiger partial charge in [0, 0.05) is 36.1 Å². The van der Waals surface area contributed by atoms with E-state index in [4.69, 9.17) is 0 Å². The van der Waals surface area contributed by atoms with Crippen LogP contribution in [0.4, 0.5) is 5.69 Å². The molecule has 4 nitrogen and oxygen atoms in total. The standard InChI is InChI=1S/C11H15N3OS/c1-8-6-12-3-2-9(8)14-11(15)10-7-16-5-4-13-10/h2-3,6,10,13H,4-5,7H2,1H3,(H,12,14,15). The van der Waals surface area contributed by atoms with Gasteiger partial charge in [0.15, 0.2) is 0 Å². The van der Waals surface area contributed by atoms with E-state index in [0.717, 1.165) is 29.3 Å². The van der Waals surface area contributed by atoms with Crippen LogP contribution in [0.25, 0.3) is 0 Å². The molecule has 1 atom stereocenters. The third-order valence-electron chi connectivity index (χ3n) is 2.52. The molecule has 0 aliphatic carbocycles. The summed E-state index contributed by atoms with van der Waals surface area (Å²) in [5, 5.41) is 6.14. The predicted octanol–water partition coefficient (Wildman–Crippen LogP) is 1.03. The number of rotatable bonds is 2. The van der Waals surface area contributed by atoms with Gasteiger partial charge in [-0.25, -0.2) is 0 Å². The lowest BCUT2D eigenvalue weighted by molar-refractivity contribution is -0.117. The lowest BCUT2D eigenvalue weighted by Gasteiger charge is -2.22. The van der Waals surface area contributed by atoms with Crippen molar-refractivity contribution in [2.75, 3.05) is 23.4 Å². The van der Waals surface area contributed by atoms with E-state index in [2.05, 4.69) is 15.6 Å². The van der Waals surface area contributed by atoms with Crippen LogP contribution in [0.15, 0.2) is 18.5 Å². The molecule has 2 heterocycles. The van der Waals surface area contributed by atoms with Crippen molar-refractivity contribution < 1.29 is 4.79 Å². The number of aromatic nitrogens is 1. The molecule has 1 fully saturated rings. The Morgan fingerprint density at radius 3 is 3.25 bits per heavy atom. The molecule has 1 amide bonds. The zero-order chi connectivity index (χ0) is 11.4. The number of nitrogens with zero attached hydrogens (tertiary/aromatic N) is 1. The Morgan fingerprint density at radius 2 is 2.56 bits per heavy atom. The van der Waals surface area contributed by atoms with Gasteiger partial charge in [0.05, 0.1) is 6.04 Å². The Balaban J connectivity index is 1.99. The predicted molar refractivity (Wildman–Crippen MR) is 66.7 cm³/mol. The molecule has 0 spiro atoms. The maximum absolute atomic E-state index is 11.9. The summed E-state index contributed by atoms with van der Waals surface area (Å²) >= 11 is 1.81. The van der Waals surface area contributed by atoms with Crippen molar-refractivity contribution in [3.8, 4) is 0 Å². The number of carbonyl (C=O) groups excluding carboxylic acids is 1. The minimum absolute atomic E-state index is 0.0431. The average molecular weight is 237 g/mol. The summed E-state index contributed by atoms with van der Waals surface area (Å²) in [6, 6.07) is 1.75. The van der Waals surface area contributed by atoms with Crippen LogP contribution < -0.4 is 10.6 Å². The first kappa shape index (κ1) is 11.4. The van der Waals surface area contributed by atoms with Crippen molar-refractivity contribution in [3.63, 3.8) is 0 Å². The van der Waals surface area contributed by atoms with E-state index in [1.54, 1.807) is 12.4 Å². The fourth-order valence-corrected chi connectivity index (χ4v) is 2.50. The van der Waals surface area contributed by atoms with Crippen LogP contribution in [0.1, 0.15) is 5.56 Å². The second-order valence-corrected chi connectivity index (χ2v) is 4.91. The van der Waals surface area contributed by atoms with Crippen LogP contribution in [0, 0.1) is 6.92 Å². The number of anilines is 1. The molecule has 2 N–H and O–H groups in total. The lowest BCUT2D eigenvalue weighted by atomic mass is 10.2. The molecule has 86 valence electrons. The third kappa shape index (κ3) is 2.74. The molecule has 1 unspecified atom stereocenters. The minimum atomic E-state index is -0.0775. The second kappa shape index (κ2) is 5.32. The molecule has 0 saturated carbocycles. The van der Waals surface area contributed by atoms with Crippen molar-refractivity contribution in [2.45, 2.75) is 13.0 Å². The van der Waals surface area contributed by atoms with Gasteiger partial charge in [0.2, 0.25) is 5.91 Å². The maximum atomic E-state index is 11.9. The van der Waals surface area contributed by atoms with E-state index >= 15 is 0 Å². The Bertz CT molecular complexity index is 377. The molecule has 2 rings (SSSR count). The highest BCUT2D eigenvalue weighted by Crippen LogP contribution is 2.14. The summed E-state index contributed by atoms with van der Waals surface area (Å²) in [5.74, 6) is 1.97. The molecule has 5 heteroatoms. The first-order valence-corrected chi connectivity index (χ1v) is 6.45. The number of thioether (sulfide) groups is 1. The number of hydrogen-bond donors (Lipinski definition) is 2. The average Bonchev–Trinajstić information content (AvgIpc) is 2.33. The van der Waals surface area contributed by atoms with Gasteiger partial charge in [-0.3, -0.25) is 9.78 Å². The van der Waals surface area contributed by atoms with Crippen molar-refractivity contribution in [1.29, 1.82) is 0 Å². The van der Waals surface area contributed by atoms with E-state index in [1.165, 1.54) is 0 Å². The normalized spacial score (nSPS) is 20.4. The Hall–Kier alpha value is -1.07. The monoisotopic (exact) mass is 237 g/mol. The zero-order valence-corrected chi connectivity index (χ0v) is 10.0. The van der Waals surface area contributed by atoms with Crippen molar-refractivity contribution in [3.05, 3.63) is 24.0 Å². The van der Waals surface area contributed by atoms with Crippen LogP contribution in [0.3, 0.4) is 0 Å². The highest BCUT2D eigenvalue weighted by atomic mass is 32.2. The van der Waals surface area contributed by atoms with Crippen molar-refractivity contribution in [1.82, 2.24) is 10.3 Å². The zero-order valence-electron chi connectivity index (χ0n) is 9.19. The summed E-state index contributed by atoms with van der Waals surface area (Å²) in [7, 11) is 0. The van der Waals surface area contributed by atoms with Gasteiger partial charge in [-0.15, -0.1) is 0 Å². The van der Waals surface area contributed by atoms with Crippen LogP contribution in [0.5, 0.6) is 0 Å². The Labute approximate surface area is 99.2 Å². The van der Waals surface area contributed by atoms with E-state index in [0.29, 0.717) is 0 Å². The Kier molecular flexibility index (Phi) is 3.79. The van der Waals surface area contributed by atoms with Crippen molar-refractivity contribution >= 4 is 23.4 Å².